The van der Waals surface area contributed by atoms with E-state index in [4.69, 9.17) is 9.47 Å². The Labute approximate surface area is 260 Å². The summed E-state index contributed by atoms with van der Waals surface area (Å²) in [6, 6.07) is 12.5. The summed E-state index contributed by atoms with van der Waals surface area (Å²) in [5.74, 6) is -0.181. The minimum Gasteiger partial charge on any atom is -0.507 e. The standard InChI is InChI=1S/C34H36N4O7/c1-20(13-15-23-32(40)29-24(19-45-34(29)41)21(2)33(23)44-3)14-16-28(39)35-17-6-7-18-36-31-22-9-4-5-10-25(22)37-26-11-8-12-27(30(26)31)38(42)43/h4-5,8-13,40H,6-7,14-19H2,1-3H3,(H,35,39)(H,36,37)/b20-13+. The van der Waals surface area contributed by atoms with E-state index >= 15 is 0 Å². The number of fused-ring (bicyclic) bond motifs is 3. The maximum atomic E-state index is 12.5. The molecule has 11 nitrogen and oxygen atoms in total. The lowest BCUT2D eigenvalue weighted by Gasteiger charge is -2.15. The molecular formula is C34H36N4O7. The molecule has 1 aliphatic heterocycles. The molecule has 234 valence electrons. The summed E-state index contributed by atoms with van der Waals surface area (Å²) < 4.78 is 10.6. The van der Waals surface area contributed by atoms with Gasteiger partial charge in [-0.25, -0.2) is 9.78 Å². The first-order chi connectivity index (χ1) is 21.7. The van der Waals surface area contributed by atoms with Crippen LogP contribution < -0.4 is 15.4 Å². The third-order valence-corrected chi connectivity index (χ3v) is 8.16. The number of cyclic esters (lactones) is 1. The molecule has 0 unspecified atom stereocenters. The quantitative estimate of drug-likeness (QED) is 0.0396. The van der Waals surface area contributed by atoms with E-state index in [0.717, 1.165) is 34.9 Å². The van der Waals surface area contributed by atoms with Crippen LogP contribution in [0.15, 0.2) is 54.1 Å². The lowest BCUT2D eigenvalue weighted by molar-refractivity contribution is -0.383. The average molecular weight is 613 g/mol. The molecular weight excluding hydrogens is 576 g/mol. The lowest BCUT2D eigenvalue weighted by atomic mass is 9.94. The molecule has 1 aliphatic rings. The van der Waals surface area contributed by atoms with E-state index in [0.29, 0.717) is 65.8 Å². The highest BCUT2D eigenvalue weighted by Gasteiger charge is 2.31. The molecule has 0 saturated heterocycles. The van der Waals surface area contributed by atoms with Crippen LogP contribution in [-0.4, -0.2) is 47.1 Å². The fourth-order valence-corrected chi connectivity index (χ4v) is 5.76. The number of anilines is 1. The molecule has 11 heteroatoms. The predicted molar refractivity (Wildman–Crippen MR) is 172 cm³/mol. The number of carbonyl (C=O) groups is 2. The fraction of sp³-hybridized carbons (Fsp3) is 0.324. The number of allylic oxidation sites excluding steroid dienone is 2. The highest BCUT2D eigenvalue weighted by molar-refractivity contribution is 6.11. The summed E-state index contributed by atoms with van der Waals surface area (Å²) in [6.45, 7) is 4.97. The smallest absolute Gasteiger partial charge is 0.342 e. The average Bonchev–Trinajstić information content (AvgIpc) is 3.43. The van der Waals surface area contributed by atoms with Gasteiger partial charge in [0.25, 0.3) is 5.69 Å². The number of methoxy groups -OCH3 is 1. The van der Waals surface area contributed by atoms with Crippen LogP contribution >= 0.6 is 0 Å². The second kappa shape index (κ2) is 13.6. The van der Waals surface area contributed by atoms with Crippen molar-refractivity contribution in [2.24, 2.45) is 0 Å². The van der Waals surface area contributed by atoms with Gasteiger partial charge >= 0.3 is 5.97 Å². The third-order valence-electron chi connectivity index (χ3n) is 8.16. The highest BCUT2D eigenvalue weighted by atomic mass is 16.6. The number of nitro groups is 1. The van der Waals surface area contributed by atoms with Gasteiger partial charge in [0.1, 0.15) is 29.1 Å². The van der Waals surface area contributed by atoms with Crippen molar-refractivity contribution < 1.29 is 29.1 Å². The van der Waals surface area contributed by atoms with Crippen molar-refractivity contribution in [3.8, 4) is 11.5 Å². The molecule has 0 aliphatic carbocycles. The largest absolute Gasteiger partial charge is 0.507 e. The molecule has 0 saturated carbocycles. The molecule has 0 radical (unpaired) electrons. The number of non-ortho nitro benzene ring substituents is 1. The zero-order chi connectivity index (χ0) is 32.1. The number of ether oxygens (including phenoxy) is 2. The SMILES string of the molecule is COc1c(C)c2c(c(O)c1C/C=C(\C)CCC(=O)NCCCCNc1c3ccccc3nc3cccc([N+](=O)[O-])c13)C(=O)OC2. The van der Waals surface area contributed by atoms with E-state index in [2.05, 4.69) is 15.6 Å². The van der Waals surface area contributed by atoms with Crippen LogP contribution in [0, 0.1) is 17.0 Å². The molecule has 4 aromatic rings. The molecule has 2 heterocycles. The monoisotopic (exact) mass is 612 g/mol. The van der Waals surface area contributed by atoms with Crippen LogP contribution in [-0.2, 0) is 22.6 Å². The molecule has 45 heavy (non-hydrogen) atoms. The molecule has 0 bridgehead atoms. The Hall–Kier alpha value is -5.19. The van der Waals surface area contributed by atoms with Gasteiger partial charge in [0.2, 0.25) is 5.91 Å². The van der Waals surface area contributed by atoms with Gasteiger partial charge in [-0.1, -0.05) is 35.9 Å². The molecule has 0 atom stereocenters. The van der Waals surface area contributed by atoms with Gasteiger partial charge in [-0.3, -0.25) is 14.9 Å². The Balaban J connectivity index is 1.11. The number of aromatic hydroxyl groups is 1. The van der Waals surface area contributed by atoms with Crippen molar-refractivity contribution >= 4 is 45.1 Å². The molecule has 5 rings (SSSR count). The molecule has 1 amide bonds. The third kappa shape index (κ3) is 6.52. The number of rotatable bonds is 13. The maximum absolute atomic E-state index is 12.5. The number of benzene rings is 3. The topological polar surface area (TPSA) is 153 Å². The number of nitrogens with zero attached hydrogens (tertiary/aromatic N) is 2. The molecule has 1 aromatic heterocycles. The zero-order valence-electron chi connectivity index (χ0n) is 25.6. The number of unbranched alkanes of at least 4 members (excludes halogenated alkanes) is 1. The molecule has 3 N–H and O–H groups in total. The minimum atomic E-state index is -0.536. The number of hydrogen-bond donors (Lipinski definition) is 3. The second-order valence-electron chi connectivity index (χ2n) is 11.1. The van der Waals surface area contributed by atoms with Crippen molar-refractivity contribution in [1.82, 2.24) is 10.3 Å². The number of para-hydroxylation sites is 1. The minimum absolute atomic E-state index is 0.00730. The number of pyridine rings is 1. The first-order valence-electron chi connectivity index (χ1n) is 14.9. The van der Waals surface area contributed by atoms with E-state index in [9.17, 15) is 24.8 Å². The Bertz CT molecular complexity index is 1830. The summed E-state index contributed by atoms with van der Waals surface area (Å²) in [7, 11) is 1.53. The number of aromatic nitrogens is 1. The van der Waals surface area contributed by atoms with E-state index in [-0.39, 0.29) is 34.4 Å². The summed E-state index contributed by atoms with van der Waals surface area (Å²) in [5.41, 5.74) is 5.13. The maximum Gasteiger partial charge on any atom is 0.342 e. The van der Waals surface area contributed by atoms with Crippen LogP contribution in [0.1, 0.15) is 59.7 Å². The molecule has 0 fully saturated rings. The van der Waals surface area contributed by atoms with Gasteiger partial charge in [0.05, 0.1) is 28.8 Å². The van der Waals surface area contributed by atoms with Crippen LogP contribution in [0.2, 0.25) is 0 Å². The Morgan fingerprint density at radius 1 is 1.13 bits per heavy atom. The normalized spacial score (nSPS) is 12.7. The van der Waals surface area contributed by atoms with Crippen molar-refractivity contribution in [3.05, 3.63) is 86.5 Å². The zero-order valence-corrected chi connectivity index (χ0v) is 25.6. The predicted octanol–water partition coefficient (Wildman–Crippen LogP) is 6.27. The Morgan fingerprint density at radius 2 is 1.89 bits per heavy atom. The highest BCUT2D eigenvalue weighted by Crippen LogP contribution is 2.42. The Morgan fingerprint density at radius 3 is 2.67 bits per heavy atom. The molecule has 3 aromatic carbocycles. The van der Waals surface area contributed by atoms with Crippen LogP contribution in [0.5, 0.6) is 11.5 Å². The van der Waals surface area contributed by atoms with E-state index in [1.165, 1.54) is 13.2 Å². The first-order valence-corrected chi connectivity index (χ1v) is 14.9. The number of nitro benzene ring substituents is 1. The first kappa shape index (κ1) is 31.2. The number of amides is 1. The summed E-state index contributed by atoms with van der Waals surface area (Å²) in [6.07, 6.45) is 4.62. The van der Waals surface area contributed by atoms with Crippen molar-refractivity contribution in [1.29, 1.82) is 0 Å². The lowest BCUT2D eigenvalue weighted by Crippen LogP contribution is -2.24. The van der Waals surface area contributed by atoms with Gasteiger partial charge in [-0.15, -0.1) is 0 Å². The number of esters is 1. The van der Waals surface area contributed by atoms with Gasteiger partial charge in [-0.2, -0.15) is 0 Å². The number of nitrogens with one attached hydrogen (secondary N) is 2. The number of phenols is 1. The number of phenolic OH excluding ortho intramolecular Hbond substituents is 1. The van der Waals surface area contributed by atoms with Gasteiger partial charge in [0, 0.05) is 42.1 Å². The van der Waals surface area contributed by atoms with Crippen molar-refractivity contribution in [2.75, 3.05) is 25.5 Å². The van der Waals surface area contributed by atoms with Crippen LogP contribution in [0.3, 0.4) is 0 Å². The summed E-state index contributed by atoms with van der Waals surface area (Å²) in [4.78, 5) is 40.6. The van der Waals surface area contributed by atoms with Crippen molar-refractivity contribution in [3.63, 3.8) is 0 Å². The summed E-state index contributed by atoms with van der Waals surface area (Å²) in [5, 5.41) is 30.2. The summed E-state index contributed by atoms with van der Waals surface area (Å²) >= 11 is 0. The van der Waals surface area contributed by atoms with E-state index in [1.807, 2.05) is 44.2 Å². The van der Waals surface area contributed by atoms with Crippen LogP contribution in [0.25, 0.3) is 21.8 Å². The van der Waals surface area contributed by atoms with Gasteiger partial charge in [0.15, 0.2) is 0 Å². The molecule has 0 spiro atoms. The Kier molecular flexibility index (Phi) is 9.46. The van der Waals surface area contributed by atoms with Crippen molar-refractivity contribution in [2.45, 2.75) is 52.6 Å². The fourth-order valence-electron chi connectivity index (χ4n) is 5.76. The van der Waals surface area contributed by atoms with E-state index in [1.54, 1.807) is 12.1 Å². The second-order valence-corrected chi connectivity index (χ2v) is 11.1. The van der Waals surface area contributed by atoms with Gasteiger partial charge in [-0.05, 0) is 57.2 Å². The number of hydrogen-bond acceptors (Lipinski definition) is 9. The van der Waals surface area contributed by atoms with Crippen LogP contribution in [0.4, 0.5) is 11.4 Å². The van der Waals surface area contributed by atoms with Gasteiger partial charge < -0.3 is 25.2 Å². The van der Waals surface area contributed by atoms with E-state index < -0.39 is 5.97 Å². The number of carbonyl (C=O) groups excluding carboxylic acids is 2.